The molecule has 0 aliphatic heterocycles. The van der Waals surface area contributed by atoms with Crippen LogP contribution in [0.3, 0.4) is 0 Å². The van der Waals surface area contributed by atoms with E-state index in [4.69, 9.17) is 14.5 Å². The van der Waals surface area contributed by atoms with Gasteiger partial charge in [0.15, 0.2) is 11.0 Å². The monoisotopic (exact) mass is 511 g/mol. The summed E-state index contributed by atoms with van der Waals surface area (Å²) in [6.07, 6.45) is 0. The van der Waals surface area contributed by atoms with Gasteiger partial charge in [0, 0.05) is 29.6 Å². The second kappa shape index (κ2) is 10.7. The third-order valence-corrected chi connectivity index (χ3v) is 6.89. The average Bonchev–Trinajstić information content (AvgIpc) is 3.31. The zero-order valence-corrected chi connectivity index (χ0v) is 21.5. The van der Waals surface area contributed by atoms with Crippen LogP contribution in [0.15, 0.2) is 84.0 Å². The molecule has 0 radical (unpaired) electrons. The van der Waals surface area contributed by atoms with Gasteiger partial charge in [-0.15, -0.1) is 10.2 Å². The predicted molar refractivity (Wildman–Crippen MR) is 146 cm³/mol. The van der Waals surface area contributed by atoms with E-state index < -0.39 is 0 Å². The number of rotatable bonds is 8. The fourth-order valence-corrected chi connectivity index (χ4v) is 4.73. The molecule has 0 bridgehead atoms. The molecule has 5 aromatic rings. The summed E-state index contributed by atoms with van der Waals surface area (Å²) < 4.78 is 12.5. The molecule has 0 aliphatic carbocycles. The van der Waals surface area contributed by atoms with Crippen molar-refractivity contribution >= 4 is 34.3 Å². The first kappa shape index (κ1) is 24.3. The molecular formula is C28H25N5O3S. The summed E-state index contributed by atoms with van der Waals surface area (Å²) >= 11 is 1.31. The van der Waals surface area contributed by atoms with Gasteiger partial charge in [-0.3, -0.25) is 4.79 Å². The Morgan fingerprint density at radius 2 is 1.73 bits per heavy atom. The molecule has 1 N–H and O–H groups in total. The number of nitrogens with zero attached hydrogens (tertiary/aromatic N) is 4. The first-order valence-corrected chi connectivity index (χ1v) is 12.6. The Labute approximate surface area is 218 Å². The van der Waals surface area contributed by atoms with Crippen molar-refractivity contribution in [1.82, 2.24) is 19.7 Å². The molecule has 2 heterocycles. The van der Waals surface area contributed by atoms with Crippen LogP contribution in [-0.4, -0.2) is 45.6 Å². The van der Waals surface area contributed by atoms with Crippen LogP contribution in [-0.2, 0) is 11.8 Å². The highest BCUT2D eigenvalue weighted by Gasteiger charge is 2.18. The Morgan fingerprint density at radius 1 is 0.946 bits per heavy atom. The quantitative estimate of drug-likeness (QED) is 0.277. The number of amides is 1. The van der Waals surface area contributed by atoms with Crippen LogP contribution in [0.5, 0.6) is 11.5 Å². The number of para-hydroxylation sites is 1. The van der Waals surface area contributed by atoms with Crippen molar-refractivity contribution in [1.29, 1.82) is 0 Å². The van der Waals surface area contributed by atoms with Crippen LogP contribution in [0.1, 0.15) is 0 Å². The minimum atomic E-state index is -0.193. The smallest absolute Gasteiger partial charge is 0.234 e. The lowest BCUT2D eigenvalue weighted by Crippen LogP contribution is -2.15. The Kier molecular flexibility index (Phi) is 7.04. The number of benzene rings is 3. The standard InChI is InChI=1S/C28H25N5O3S/c1-33-27(21-16-23(18-9-5-4-6-10-18)29-22-12-8-7-11-20(21)22)31-32-28(33)37-17-26(34)30-24-15-19(35-2)13-14-25(24)36-3/h4-16H,17H2,1-3H3,(H,30,34). The lowest BCUT2D eigenvalue weighted by atomic mass is 10.0. The van der Waals surface area contributed by atoms with E-state index in [1.807, 2.05) is 72.3 Å². The summed E-state index contributed by atoms with van der Waals surface area (Å²) in [7, 11) is 5.03. The number of carbonyl (C=O) groups is 1. The Bertz CT molecular complexity index is 1570. The molecule has 0 spiro atoms. The van der Waals surface area contributed by atoms with Crippen molar-refractivity contribution in [2.24, 2.45) is 7.05 Å². The third-order valence-electron chi connectivity index (χ3n) is 5.87. The summed E-state index contributed by atoms with van der Waals surface area (Å²) in [5.74, 6) is 1.84. The summed E-state index contributed by atoms with van der Waals surface area (Å²) in [4.78, 5) is 17.6. The fourth-order valence-electron chi connectivity index (χ4n) is 4.02. The van der Waals surface area contributed by atoms with Crippen LogP contribution in [0.4, 0.5) is 5.69 Å². The SMILES string of the molecule is COc1ccc(OC)c(NC(=O)CSc2nnc(-c3cc(-c4ccccc4)nc4ccccc34)n2C)c1. The van der Waals surface area contributed by atoms with E-state index in [9.17, 15) is 4.79 Å². The molecule has 2 aromatic heterocycles. The maximum atomic E-state index is 12.7. The lowest BCUT2D eigenvalue weighted by molar-refractivity contribution is -0.113. The number of fused-ring (bicyclic) bond motifs is 1. The van der Waals surface area contributed by atoms with Gasteiger partial charge >= 0.3 is 0 Å². The van der Waals surface area contributed by atoms with E-state index in [2.05, 4.69) is 15.5 Å². The number of hydrogen-bond donors (Lipinski definition) is 1. The van der Waals surface area contributed by atoms with Gasteiger partial charge in [-0.25, -0.2) is 4.98 Å². The molecule has 0 saturated heterocycles. The first-order valence-electron chi connectivity index (χ1n) is 11.6. The van der Waals surface area contributed by atoms with E-state index in [-0.39, 0.29) is 11.7 Å². The van der Waals surface area contributed by atoms with Crippen LogP contribution in [0.2, 0.25) is 0 Å². The molecule has 9 heteroatoms. The number of nitrogens with one attached hydrogen (secondary N) is 1. The van der Waals surface area contributed by atoms with Gasteiger partial charge in [-0.05, 0) is 24.3 Å². The van der Waals surface area contributed by atoms with Gasteiger partial charge in [-0.1, -0.05) is 60.3 Å². The predicted octanol–water partition coefficient (Wildman–Crippen LogP) is 5.45. The minimum Gasteiger partial charge on any atom is -0.497 e. The summed E-state index contributed by atoms with van der Waals surface area (Å²) in [6.45, 7) is 0. The zero-order valence-electron chi connectivity index (χ0n) is 20.6. The molecule has 0 saturated carbocycles. The normalized spacial score (nSPS) is 10.9. The maximum Gasteiger partial charge on any atom is 0.234 e. The van der Waals surface area contributed by atoms with E-state index in [1.54, 1.807) is 32.4 Å². The highest BCUT2D eigenvalue weighted by molar-refractivity contribution is 7.99. The Hall–Kier alpha value is -4.37. The molecule has 1 amide bonds. The van der Waals surface area contributed by atoms with Gasteiger partial charge in [0.2, 0.25) is 5.91 Å². The van der Waals surface area contributed by atoms with Crippen molar-refractivity contribution in [3.8, 4) is 34.1 Å². The Balaban J connectivity index is 1.40. The number of carbonyl (C=O) groups excluding carboxylic acids is 1. The zero-order chi connectivity index (χ0) is 25.8. The number of hydrogen-bond acceptors (Lipinski definition) is 7. The van der Waals surface area contributed by atoms with Gasteiger partial charge < -0.3 is 19.4 Å². The molecule has 5 rings (SSSR count). The first-order chi connectivity index (χ1) is 18.1. The second-order valence-corrected chi connectivity index (χ2v) is 9.15. The summed E-state index contributed by atoms with van der Waals surface area (Å²) in [5, 5.41) is 13.3. The molecular weight excluding hydrogens is 486 g/mol. The minimum absolute atomic E-state index is 0.151. The van der Waals surface area contributed by atoms with Crippen molar-refractivity contribution in [2.45, 2.75) is 5.16 Å². The van der Waals surface area contributed by atoms with E-state index in [0.717, 1.165) is 27.7 Å². The van der Waals surface area contributed by atoms with Gasteiger partial charge in [0.25, 0.3) is 0 Å². The van der Waals surface area contributed by atoms with Crippen LogP contribution in [0.25, 0.3) is 33.5 Å². The molecule has 8 nitrogen and oxygen atoms in total. The molecule has 0 atom stereocenters. The van der Waals surface area contributed by atoms with Crippen molar-refractivity contribution in [2.75, 3.05) is 25.3 Å². The highest BCUT2D eigenvalue weighted by atomic mass is 32.2. The van der Waals surface area contributed by atoms with Crippen molar-refractivity contribution in [3.05, 3.63) is 78.9 Å². The van der Waals surface area contributed by atoms with E-state index >= 15 is 0 Å². The average molecular weight is 512 g/mol. The fraction of sp³-hybridized carbons (Fsp3) is 0.143. The largest absolute Gasteiger partial charge is 0.497 e. The molecule has 37 heavy (non-hydrogen) atoms. The highest BCUT2D eigenvalue weighted by Crippen LogP contribution is 2.33. The number of ether oxygens (including phenoxy) is 2. The van der Waals surface area contributed by atoms with Gasteiger partial charge in [0.1, 0.15) is 11.5 Å². The third kappa shape index (κ3) is 5.12. The van der Waals surface area contributed by atoms with Gasteiger partial charge in [0.05, 0.1) is 36.9 Å². The van der Waals surface area contributed by atoms with Crippen LogP contribution >= 0.6 is 11.8 Å². The Morgan fingerprint density at radius 3 is 2.51 bits per heavy atom. The van der Waals surface area contributed by atoms with Crippen molar-refractivity contribution < 1.29 is 14.3 Å². The topological polar surface area (TPSA) is 91.2 Å². The molecule has 0 fully saturated rings. The summed E-state index contributed by atoms with van der Waals surface area (Å²) in [6, 6.07) is 25.3. The van der Waals surface area contributed by atoms with Crippen LogP contribution < -0.4 is 14.8 Å². The number of thioether (sulfide) groups is 1. The molecule has 3 aromatic carbocycles. The van der Waals surface area contributed by atoms with Crippen LogP contribution in [0, 0.1) is 0 Å². The maximum absolute atomic E-state index is 12.7. The van der Waals surface area contributed by atoms with Crippen molar-refractivity contribution in [3.63, 3.8) is 0 Å². The van der Waals surface area contributed by atoms with E-state index in [0.29, 0.717) is 28.2 Å². The summed E-state index contributed by atoms with van der Waals surface area (Å²) in [5.41, 5.74) is 4.23. The number of aromatic nitrogens is 4. The van der Waals surface area contributed by atoms with Gasteiger partial charge in [-0.2, -0.15) is 0 Å². The molecule has 0 aliphatic rings. The number of methoxy groups -OCH3 is 2. The lowest BCUT2D eigenvalue weighted by Gasteiger charge is -2.12. The molecule has 186 valence electrons. The number of pyridine rings is 1. The molecule has 0 unspecified atom stereocenters. The van der Waals surface area contributed by atoms with E-state index in [1.165, 1.54) is 11.8 Å². The second-order valence-electron chi connectivity index (χ2n) is 8.21. The number of anilines is 1.